The first kappa shape index (κ1) is 15.8. The molecule has 0 saturated heterocycles. The Morgan fingerprint density at radius 1 is 1.43 bits per heavy atom. The van der Waals surface area contributed by atoms with Crippen LogP contribution >= 0.6 is 0 Å². The van der Waals surface area contributed by atoms with E-state index in [4.69, 9.17) is 4.74 Å². The Kier molecular flexibility index (Phi) is 5.56. The van der Waals surface area contributed by atoms with Crippen molar-refractivity contribution in [2.24, 2.45) is 0 Å². The Balaban J connectivity index is 1.97. The van der Waals surface area contributed by atoms with Gasteiger partial charge in [-0.15, -0.1) is 0 Å². The van der Waals surface area contributed by atoms with Crippen molar-refractivity contribution in [3.05, 3.63) is 29.6 Å². The molecule has 1 unspecified atom stereocenters. The van der Waals surface area contributed by atoms with Gasteiger partial charge >= 0.3 is 0 Å². The molecule has 1 aromatic carbocycles. The molecular formula is C16H22FNO3. The van der Waals surface area contributed by atoms with Gasteiger partial charge in [0.25, 0.3) is 5.91 Å². The molecule has 0 aromatic heterocycles. The van der Waals surface area contributed by atoms with Gasteiger partial charge in [-0.25, -0.2) is 4.39 Å². The summed E-state index contributed by atoms with van der Waals surface area (Å²) in [5.41, 5.74) is 0.340. The summed E-state index contributed by atoms with van der Waals surface area (Å²) in [5, 5.41) is 12.2. The van der Waals surface area contributed by atoms with Crippen LogP contribution in [0.15, 0.2) is 18.2 Å². The van der Waals surface area contributed by atoms with Gasteiger partial charge < -0.3 is 15.2 Å². The molecule has 2 rings (SSSR count). The van der Waals surface area contributed by atoms with Gasteiger partial charge in [0.15, 0.2) is 17.7 Å². The van der Waals surface area contributed by atoms with E-state index in [-0.39, 0.29) is 24.3 Å². The molecule has 0 spiro atoms. The minimum atomic E-state index is -0.797. The maximum Gasteiger partial charge on any atom is 0.260 e. The highest BCUT2D eigenvalue weighted by Crippen LogP contribution is 2.24. The lowest BCUT2D eigenvalue weighted by Crippen LogP contribution is -2.43. The highest BCUT2D eigenvalue weighted by Gasteiger charge is 2.22. The first-order valence-electron chi connectivity index (χ1n) is 7.47. The molecule has 1 saturated carbocycles. The number of para-hydroxylation sites is 1. The average molecular weight is 295 g/mol. The van der Waals surface area contributed by atoms with Crippen molar-refractivity contribution in [2.75, 3.05) is 0 Å². The van der Waals surface area contributed by atoms with E-state index in [0.717, 1.165) is 25.7 Å². The zero-order chi connectivity index (χ0) is 15.2. The SMILES string of the molecule is CC(Oc1c(F)cccc1CO)C(=O)NC1CCCCC1. The average Bonchev–Trinajstić information content (AvgIpc) is 2.50. The van der Waals surface area contributed by atoms with Crippen molar-refractivity contribution in [2.45, 2.75) is 57.8 Å². The number of nitrogens with one attached hydrogen (secondary N) is 1. The van der Waals surface area contributed by atoms with E-state index in [2.05, 4.69) is 5.32 Å². The summed E-state index contributed by atoms with van der Waals surface area (Å²) < 4.78 is 19.2. The number of hydrogen-bond donors (Lipinski definition) is 2. The summed E-state index contributed by atoms with van der Waals surface area (Å²) in [4.78, 5) is 12.1. The first-order valence-corrected chi connectivity index (χ1v) is 7.47. The van der Waals surface area contributed by atoms with Gasteiger partial charge in [0.1, 0.15) is 0 Å². The topological polar surface area (TPSA) is 58.6 Å². The minimum absolute atomic E-state index is 0.0497. The second kappa shape index (κ2) is 7.41. The molecule has 21 heavy (non-hydrogen) atoms. The third-order valence-corrected chi connectivity index (χ3v) is 3.83. The minimum Gasteiger partial charge on any atom is -0.477 e. The summed E-state index contributed by atoms with van der Waals surface area (Å²) in [6, 6.07) is 4.51. The first-order chi connectivity index (χ1) is 10.1. The Labute approximate surface area is 124 Å². The number of ether oxygens (including phenoxy) is 1. The predicted octanol–water partition coefficient (Wildman–Crippen LogP) is 2.53. The number of rotatable bonds is 5. The zero-order valence-electron chi connectivity index (χ0n) is 12.3. The summed E-state index contributed by atoms with van der Waals surface area (Å²) in [7, 11) is 0. The molecule has 1 aliphatic rings. The normalized spacial score (nSPS) is 17.3. The molecule has 1 aliphatic carbocycles. The number of aliphatic hydroxyl groups is 1. The Morgan fingerprint density at radius 2 is 2.14 bits per heavy atom. The summed E-state index contributed by atoms with van der Waals surface area (Å²) in [6.45, 7) is 1.26. The molecule has 0 bridgehead atoms. The molecule has 1 atom stereocenters. The molecule has 1 fully saturated rings. The third kappa shape index (κ3) is 4.17. The molecule has 0 heterocycles. The lowest BCUT2D eigenvalue weighted by molar-refractivity contribution is -0.128. The van der Waals surface area contributed by atoms with Gasteiger partial charge in [-0.05, 0) is 25.8 Å². The van der Waals surface area contributed by atoms with E-state index in [1.54, 1.807) is 13.0 Å². The fourth-order valence-corrected chi connectivity index (χ4v) is 2.61. The predicted molar refractivity (Wildman–Crippen MR) is 77.4 cm³/mol. The highest BCUT2D eigenvalue weighted by atomic mass is 19.1. The van der Waals surface area contributed by atoms with Crippen molar-refractivity contribution >= 4 is 5.91 Å². The van der Waals surface area contributed by atoms with Crippen LogP contribution in [0.3, 0.4) is 0 Å². The molecule has 2 N–H and O–H groups in total. The monoisotopic (exact) mass is 295 g/mol. The smallest absolute Gasteiger partial charge is 0.260 e. The molecule has 116 valence electrons. The maximum absolute atomic E-state index is 13.8. The molecule has 0 aliphatic heterocycles. The van der Waals surface area contributed by atoms with Crippen LogP contribution in [0.1, 0.15) is 44.6 Å². The van der Waals surface area contributed by atoms with Crippen molar-refractivity contribution in [1.82, 2.24) is 5.32 Å². The van der Waals surface area contributed by atoms with Crippen LogP contribution in [0.2, 0.25) is 0 Å². The van der Waals surface area contributed by atoms with Crippen molar-refractivity contribution in [1.29, 1.82) is 0 Å². The van der Waals surface area contributed by atoms with E-state index < -0.39 is 11.9 Å². The van der Waals surface area contributed by atoms with E-state index in [9.17, 15) is 14.3 Å². The number of hydrogen-bond acceptors (Lipinski definition) is 3. The fraction of sp³-hybridized carbons (Fsp3) is 0.562. The van der Waals surface area contributed by atoms with E-state index in [1.165, 1.54) is 18.6 Å². The Morgan fingerprint density at radius 3 is 2.81 bits per heavy atom. The van der Waals surface area contributed by atoms with Crippen LogP contribution in [-0.4, -0.2) is 23.2 Å². The molecule has 1 aromatic rings. The quantitative estimate of drug-likeness (QED) is 0.877. The molecular weight excluding hydrogens is 273 g/mol. The van der Waals surface area contributed by atoms with Gasteiger partial charge in [-0.1, -0.05) is 31.4 Å². The molecule has 5 heteroatoms. The molecule has 0 radical (unpaired) electrons. The maximum atomic E-state index is 13.8. The highest BCUT2D eigenvalue weighted by molar-refractivity contribution is 5.81. The van der Waals surface area contributed by atoms with Crippen molar-refractivity contribution in [3.63, 3.8) is 0 Å². The number of carbonyl (C=O) groups is 1. The van der Waals surface area contributed by atoms with Crippen LogP contribution in [0.25, 0.3) is 0 Å². The fourth-order valence-electron chi connectivity index (χ4n) is 2.61. The van der Waals surface area contributed by atoms with E-state index >= 15 is 0 Å². The standard InChI is InChI=1S/C16H22FNO3/c1-11(16(20)18-13-7-3-2-4-8-13)21-15-12(10-19)6-5-9-14(15)17/h5-6,9,11,13,19H,2-4,7-8,10H2,1H3,(H,18,20). The molecule has 4 nitrogen and oxygen atoms in total. The molecule has 1 amide bonds. The second-order valence-corrected chi connectivity index (χ2v) is 5.49. The number of carbonyl (C=O) groups excluding carboxylic acids is 1. The van der Waals surface area contributed by atoms with Gasteiger partial charge in [0, 0.05) is 11.6 Å². The second-order valence-electron chi connectivity index (χ2n) is 5.49. The van der Waals surface area contributed by atoms with Crippen LogP contribution in [0, 0.1) is 5.82 Å². The zero-order valence-corrected chi connectivity index (χ0v) is 12.3. The van der Waals surface area contributed by atoms with Crippen molar-refractivity contribution < 1.29 is 19.0 Å². The van der Waals surface area contributed by atoms with E-state index in [1.807, 2.05) is 0 Å². The Bertz CT molecular complexity index is 486. The van der Waals surface area contributed by atoms with Crippen LogP contribution < -0.4 is 10.1 Å². The largest absolute Gasteiger partial charge is 0.477 e. The van der Waals surface area contributed by atoms with E-state index in [0.29, 0.717) is 5.56 Å². The summed E-state index contributed by atoms with van der Waals surface area (Å²) in [5.74, 6) is -0.862. The van der Waals surface area contributed by atoms with Gasteiger partial charge in [0.2, 0.25) is 0 Å². The van der Waals surface area contributed by atoms with Gasteiger partial charge in [-0.2, -0.15) is 0 Å². The third-order valence-electron chi connectivity index (χ3n) is 3.83. The Hall–Kier alpha value is -1.62. The summed E-state index contributed by atoms with van der Waals surface area (Å²) in [6.07, 6.45) is 4.65. The lowest BCUT2D eigenvalue weighted by Gasteiger charge is -2.25. The van der Waals surface area contributed by atoms with Gasteiger partial charge in [-0.3, -0.25) is 4.79 Å². The number of halogens is 1. The van der Waals surface area contributed by atoms with Gasteiger partial charge in [0.05, 0.1) is 6.61 Å². The number of amides is 1. The van der Waals surface area contributed by atoms with Crippen LogP contribution in [0.5, 0.6) is 5.75 Å². The van der Waals surface area contributed by atoms with Crippen LogP contribution in [0.4, 0.5) is 4.39 Å². The lowest BCUT2D eigenvalue weighted by atomic mass is 9.95. The number of aliphatic hydroxyl groups excluding tert-OH is 1. The summed E-state index contributed by atoms with van der Waals surface area (Å²) >= 11 is 0. The number of benzene rings is 1. The van der Waals surface area contributed by atoms with Crippen LogP contribution in [-0.2, 0) is 11.4 Å². The van der Waals surface area contributed by atoms with Crippen molar-refractivity contribution in [3.8, 4) is 5.75 Å².